The molecule has 8 heteroatoms. The highest BCUT2D eigenvalue weighted by molar-refractivity contribution is 5.86. The van der Waals surface area contributed by atoms with Crippen LogP contribution in [0, 0.1) is 5.21 Å². The Morgan fingerprint density at radius 1 is 1.28 bits per heavy atom. The lowest BCUT2D eigenvalue weighted by atomic mass is 9.86. The highest BCUT2D eigenvalue weighted by atomic mass is 16.6. The monoisotopic (exact) mass is 394 g/mol. The minimum Gasteiger partial charge on any atom is -0.618 e. The maximum atomic E-state index is 13.2. The number of para-hydroxylation sites is 1. The molecule has 0 fully saturated rings. The number of cyclic esters (lactones) is 1. The summed E-state index contributed by atoms with van der Waals surface area (Å²) in [6.07, 6.45) is 0.0333. The number of nitrogens with zero attached hydrogens (tertiary/aromatic N) is 2. The van der Waals surface area contributed by atoms with Crippen LogP contribution in [0.4, 0.5) is 0 Å². The quantitative estimate of drug-likeness (QED) is 0.295. The lowest BCUT2D eigenvalue weighted by molar-refractivity contribution is -0.565. The van der Waals surface area contributed by atoms with Crippen molar-refractivity contribution in [2.24, 2.45) is 0 Å². The van der Waals surface area contributed by atoms with Crippen molar-refractivity contribution in [2.45, 2.75) is 38.7 Å². The third-order valence-electron chi connectivity index (χ3n) is 6.06. The van der Waals surface area contributed by atoms with Gasteiger partial charge in [-0.25, -0.2) is 4.79 Å². The zero-order valence-corrected chi connectivity index (χ0v) is 15.6. The van der Waals surface area contributed by atoms with Gasteiger partial charge >= 0.3 is 5.97 Å². The molecule has 5 rings (SSSR count). The Kier molecular flexibility index (Phi) is 3.62. The van der Waals surface area contributed by atoms with Crippen LogP contribution in [0.3, 0.4) is 0 Å². The van der Waals surface area contributed by atoms with Gasteiger partial charge in [-0.05, 0) is 18.6 Å². The zero-order chi connectivity index (χ0) is 20.5. The van der Waals surface area contributed by atoms with Gasteiger partial charge in [0.1, 0.15) is 12.3 Å². The molecule has 0 saturated carbocycles. The Morgan fingerprint density at radius 2 is 2.03 bits per heavy atom. The van der Waals surface area contributed by atoms with Gasteiger partial charge in [-0.15, -0.1) is 0 Å². The van der Waals surface area contributed by atoms with E-state index in [-0.39, 0.29) is 43.0 Å². The van der Waals surface area contributed by atoms with Crippen molar-refractivity contribution in [2.75, 3.05) is 0 Å². The first-order chi connectivity index (χ1) is 13.9. The molecule has 0 amide bonds. The number of rotatable bonds is 2. The molecule has 2 aromatic heterocycles. The van der Waals surface area contributed by atoms with E-state index in [9.17, 15) is 25.0 Å². The van der Waals surface area contributed by atoms with Crippen molar-refractivity contribution in [1.82, 2.24) is 4.57 Å². The normalized spacial score (nSPS) is 19.6. The highest BCUT2D eigenvalue weighted by Crippen LogP contribution is 2.39. The molecular weight excluding hydrogens is 376 g/mol. The third kappa shape index (κ3) is 2.12. The van der Waals surface area contributed by atoms with Gasteiger partial charge in [0.25, 0.3) is 5.56 Å². The summed E-state index contributed by atoms with van der Waals surface area (Å²) in [7, 11) is 0. The minimum absolute atomic E-state index is 0.0333. The predicted octanol–water partition coefficient (Wildman–Crippen LogP) is 0.810. The number of carbonyl (C=O) groups excluding carboxylic acids is 1. The van der Waals surface area contributed by atoms with Crippen LogP contribution in [0.25, 0.3) is 22.3 Å². The average Bonchev–Trinajstić information content (AvgIpc) is 3.12. The Hall–Kier alpha value is -3.23. The SMILES string of the molecule is CC[C@@]1(O)C(=O)OCc2c1cc1n(c2=O)Cc2c(CO)c3ccccc3[n+]([O-])c2-1. The van der Waals surface area contributed by atoms with E-state index in [1.165, 1.54) is 10.6 Å². The molecule has 0 spiro atoms. The van der Waals surface area contributed by atoms with Crippen LogP contribution in [0.15, 0.2) is 35.1 Å². The summed E-state index contributed by atoms with van der Waals surface area (Å²) in [5, 5.41) is 34.7. The van der Waals surface area contributed by atoms with E-state index in [2.05, 4.69) is 0 Å². The van der Waals surface area contributed by atoms with Gasteiger partial charge < -0.3 is 20.2 Å². The van der Waals surface area contributed by atoms with E-state index in [0.717, 1.165) is 4.73 Å². The first kappa shape index (κ1) is 17.8. The van der Waals surface area contributed by atoms with Crippen LogP contribution >= 0.6 is 0 Å². The minimum atomic E-state index is -1.94. The van der Waals surface area contributed by atoms with Gasteiger partial charge in [-0.2, -0.15) is 4.73 Å². The zero-order valence-electron chi connectivity index (χ0n) is 15.6. The summed E-state index contributed by atoms with van der Waals surface area (Å²) in [6, 6.07) is 8.46. The average molecular weight is 394 g/mol. The Balaban J connectivity index is 1.89. The second kappa shape index (κ2) is 5.88. The molecule has 29 heavy (non-hydrogen) atoms. The second-order valence-electron chi connectivity index (χ2n) is 7.38. The molecule has 148 valence electrons. The van der Waals surface area contributed by atoms with E-state index in [0.29, 0.717) is 27.7 Å². The van der Waals surface area contributed by atoms with Crippen LogP contribution in [-0.4, -0.2) is 20.7 Å². The van der Waals surface area contributed by atoms with Crippen molar-refractivity contribution < 1.29 is 24.5 Å². The molecule has 8 nitrogen and oxygen atoms in total. The number of hydrogen-bond acceptors (Lipinski definition) is 6. The van der Waals surface area contributed by atoms with Gasteiger partial charge in [0.05, 0.1) is 29.7 Å². The number of ether oxygens (including phenoxy) is 1. The molecule has 2 N–H and O–H groups in total. The smallest absolute Gasteiger partial charge is 0.343 e. The molecule has 2 aliphatic heterocycles. The predicted molar refractivity (Wildman–Crippen MR) is 102 cm³/mol. The second-order valence-corrected chi connectivity index (χ2v) is 7.38. The first-order valence-electron chi connectivity index (χ1n) is 9.36. The molecule has 0 saturated heterocycles. The fourth-order valence-corrected chi connectivity index (χ4v) is 4.47. The first-order valence-corrected chi connectivity index (χ1v) is 9.36. The molecule has 0 aliphatic carbocycles. The summed E-state index contributed by atoms with van der Waals surface area (Å²) < 4.78 is 7.24. The Morgan fingerprint density at radius 3 is 2.76 bits per heavy atom. The van der Waals surface area contributed by atoms with Gasteiger partial charge in [0.15, 0.2) is 5.60 Å². The van der Waals surface area contributed by atoms with Crippen LogP contribution in [0.1, 0.15) is 35.6 Å². The van der Waals surface area contributed by atoms with Gasteiger partial charge in [0.2, 0.25) is 11.2 Å². The van der Waals surface area contributed by atoms with Crippen molar-refractivity contribution >= 4 is 16.9 Å². The van der Waals surface area contributed by atoms with Crippen LogP contribution in [-0.2, 0) is 34.9 Å². The van der Waals surface area contributed by atoms with Crippen LogP contribution in [0.5, 0.6) is 0 Å². The van der Waals surface area contributed by atoms with Gasteiger partial charge in [0, 0.05) is 17.2 Å². The number of aromatic nitrogens is 2. The molecule has 0 unspecified atom stereocenters. The lowest BCUT2D eigenvalue weighted by Crippen LogP contribution is -2.44. The molecule has 2 aliphatic rings. The highest BCUT2D eigenvalue weighted by Gasteiger charge is 2.46. The summed E-state index contributed by atoms with van der Waals surface area (Å²) in [5.74, 6) is -0.806. The van der Waals surface area contributed by atoms with Gasteiger partial charge in [-0.3, -0.25) is 9.36 Å². The lowest BCUT2D eigenvalue weighted by Gasteiger charge is -2.31. The van der Waals surface area contributed by atoms with E-state index in [1.807, 2.05) is 0 Å². The van der Waals surface area contributed by atoms with Crippen molar-refractivity contribution in [1.29, 1.82) is 0 Å². The van der Waals surface area contributed by atoms with E-state index < -0.39 is 17.1 Å². The number of fused-ring (bicyclic) bond motifs is 5. The number of hydrogen-bond donors (Lipinski definition) is 2. The Labute approximate surface area is 164 Å². The number of carbonyl (C=O) groups is 1. The molecule has 3 aromatic rings. The fourth-order valence-electron chi connectivity index (χ4n) is 4.47. The number of esters is 1. The fraction of sp³-hybridized carbons (Fsp3) is 0.286. The van der Waals surface area contributed by atoms with Crippen molar-refractivity contribution in [3.05, 3.63) is 68.1 Å². The standard InChI is InChI=1S/C21H18N2O6/c1-2-21(27)15-7-17-18-12(8-22(17)19(25)14(15)10-29-20(21)26)13(9-24)11-5-3-4-6-16(11)23(18)28/h3-7,24,27H,2,8-10H2,1H3/t21-/m0/s1. The summed E-state index contributed by atoms with van der Waals surface area (Å²) in [5.41, 5.74) is 0.132. The van der Waals surface area contributed by atoms with E-state index in [4.69, 9.17) is 4.74 Å². The summed E-state index contributed by atoms with van der Waals surface area (Å²) in [6.45, 7) is 1.24. The van der Waals surface area contributed by atoms with E-state index >= 15 is 0 Å². The number of aliphatic hydroxyl groups is 2. The number of pyridine rings is 2. The molecule has 4 heterocycles. The van der Waals surface area contributed by atoms with Crippen molar-refractivity contribution in [3.8, 4) is 11.4 Å². The molecule has 1 aromatic carbocycles. The number of aliphatic hydroxyl groups excluding tert-OH is 1. The topological polar surface area (TPSA) is 116 Å². The Bertz CT molecular complexity index is 1280. The largest absolute Gasteiger partial charge is 0.618 e. The van der Waals surface area contributed by atoms with Crippen LogP contribution in [0.2, 0.25) is 0 Å². The molecular formula is C21H18N2O6. The number of benzene rings is 1. The maximum Gasteiger partial charge on any atom is 0.343 e. The summed E-state index contributed by atoms with van der Waals surface area (Å²) >= 11 is 0. The third-order valence-corrected chi connectivity index (χ3v) is 6.06. The van der Waals surface area contributed by atoms with Crippen LogP contribution < -0.4 is 10.3 Å². The van der Waals surface area contributed by atoms with Crippen molar-refractivity contribution in [3.63, 3.8) is 0 Å². The maximum absolute atomic E-state index is 13.2. The van der Waals surface area contributed by atoms with Gasteiger partial charge in [-0.1, -0.05) is 19.1 Å². The molecule has 0 bridgehead atoms. The van der Waals surface area contributed by atoms with E-state index in [1.54, 1.807) is 31.2 Å². The molecule has 1 atom stereocenters. The summed E-state index contributed by atoms with van der Waals surface area (Å²) in [4.78, 5) is 25.4. The molecule has 0 radical (unpaired) electrons.